The molecule has 0 bridgehead atoms. The fourth-order valence-electron chi connectivity index (χ4n) is 2.30. The van der Waals surface area contributed by atoms with E-state index in [0.29, 0.717) is 5.76 Å². The van der Waals surface area contributed by atoms with Crippen molar-refractivity contribution in [3.05, 3.63) is 41.9 Å². The normalized spacial score (nSPS) is 17.1. The Bertz CT molecular complexity index is 529. The molecule has 1 heterocycles. The van der Waals surface area contributed by atoms with E-state index in [-0.39, 0.29) is 17.5 Å². The zero-order valence-electron chi connectivity index (χ0n) is 11.3. The van der Waals surface area contributed by atoms with Crippen LogP contribution in [0.2, 0.25) is 0 Å². The first-order valence-electron chi connectivity index (χ1n) is 6.92. The molecule has 0 radical (unpaired) electrons. The van der Waals surface area contributed by atoms with Crippen molar-refractivity contribution < 1.29 is 9.21 Å². The Morgan fingerprint density at radius 3 is 2.85 bits per heavy atom. The van der Waals surface area contributed by atoms with Crippen molar-refractivity contribution >= 4 is 12.0 Å². The summed E-state index contributed by atoms with van der Waals surface area (Å²) in [6, 6.07) is 5.74. The van der Waals surface area contributed by atoms with Crippen LogP contribution in [0.1, 0.15) is 37.9 Å². The molecule has 20 heavy (non-hydrogen) atoms. The average molecular weight is 270 g/mol. The van der Waals surface area contributed by atoms with Gasteiger partial charge < -0.3 is 9.73 Å². The number of rotatable bonds is 4. The third-order valence-corrected chi connectivity index (χ3v) is 3.37. The molecule has 4 heteroatoms. The van der Waals surface area contributed by atoms with Gasteiger partial charge in [-0.2, -0.15) is 5.26 Å². The van der Waals surface area contributed by atoms with Gasteiger partial charge in [0.05, 0.1) is 6.26 Å². The zero-order chi connectivity index (χ0) is 14.2. The highest BCUT2D eigenvalue weighted by Crippen LogP contribution is 2.17. The SMILES string of the molecule is N#C/C(=C/C=C/c1ccco1)C(=O)NC1CCCCC1. The Hall–Kier alpha value is -2.28. The molecule has 1 aromatic rings. The molecule has 1 aromatic heterocycles. The molecular formula is C16H18N2O2. The van der Waals surface area contributed by atoms with E-state index in [4.69, 9.17) is 9.68 Å². The quantitative estimate of drug-likeness (QED) is 0.519. The van der Waals surface area contributed by atoms with Gasteiger partial charge >= 0.3 is 0 Å². The lowest BCUT2D eigenvalue weighted by Crippen LogP contribution is -2.36. The summed E-state index contributed by atoms with van der Waals surface area (Å²) in [6.45, 7) is 0. The standard InChI is InChI=1S/C16H18N2O2/c17-12-13(6-4-9-15-10-5-11-20-15)16(19)18-14-7-2-1-3-8-14/h4-6,9-11,14H,1-3,7-8H2,(H,18,19)/b9-4+,13-6-. The first-order chi connectivity index (χ1) is 9.79. The van der Waals surface area contributed by atoms with E-state index in [1.807, 2.05) is 6.07 Å². The maximum Gasteiger partial charge on any atom is 0.262 e. The van der Waals surface area contributed by atoms with Gasteiger partial charge in [-0.25, -0.2) is 0 Å². The van der Waals surface area contributed by atoms with E-state index in [1.165, 1.54) is 12.5 Å². The van der Waals surface area contributed by atoms with Gasteiger partial charge in [0.15, 0.2) is 0 Å². The predicted molar refractivity (Wildman–Crippen MR) is 76.5 cm³/mol. The number of amides is 1. The summed E-state index contributed by atoms with van der Waals surface area (Å²) in [5.41, 5.74) is 0.123. The number of allylic oxidation sites excluding steroid dienone is 2. The maximum absolute atomic E-state index is 12.0. The highest BCUT2D eigenvalue weighted by atomic mass is 16.3. The van der Waals surface area contributed by atoms with E-state index in [2.05, 4.69) is 5.32 Å². The number of hydrogen-bond acceptors (Lipinski definition) is 3. The summed E-state index contributed by atoms with van der Waals surface area (Å²) in [4.78, 5) is 12.0. The predicted octanol–water partition coefficient (Wildman–Crippen LogP) is 3.19. The van der Waals surface area contributed by atoms with E-state index in [0.717, 1.165) is 25.7 Å². The van der Waals surface area contributed by atoms with Crippen molar-refractivity contribution in [2.45, 2.75) is 38.1 Å². The second kappa shape index (κ2) is 7.34. The second-order valence-corrected chi connectivity index (χ2v) is 4.88. The molecule has 104 valence electrons. The van der Waals surface area contributed by atoms with Crippen LogP contribution in [0.4, 0.5) is 0 Å². The van der Waals surface area contributed by atoms with Crippen LogP contribution in [-0.2, 0) is 4.79 Å². The molecule has 0 unspecified atom stereocenters. The fourth-order valence-corrected chi connectivity index (χ4v) is 2.30. The molecular weight excluding hydrogens is 252 g/mol. The monoisotopic (exact) mass is 270 g/mol. The average Bonchev–Trinajstić information content (AvgIpc) is 2.98. The van der Waals surface area contributed by atoms with Crippen LogP contribution in [-0.4, -0.2) is 11.9 Å². The van der Waals surface area contributed by atoms with Gasteiger partial charge in [-0.05, 0) is 37.1 Å². The molecule has 0 aromatic carbocycles. The molecule has 0 atom stereocenters. The lowest BCUT2D eigenvalue weighted by Gasteiger charge is -2.22. The summed E-state index contributed by atoms with van der Waals surface area (Å²) < 4.78 is 5.13. The minimum absolute atomic E-state index is 0.123. The van der Waals surface area contributed by atoms with Gasteiger partial charge in [0, 0.05) is 6.04 Å². The third kappa shape index (κ3) is 4.13. The van der Waals surface area contributed by atoms with Crippen molar-refractivity contribution in [2.75, 3.05) is 0 Å². The van der Waals surface area contributed by atoms with E-state index < -0.39 is 0 Å². The van der Waals surface area contributed by atoms with Gasteiger partial charge in [0.1, 0.15) is 17.4 Å². The van der Waals surface area contributed by atoms with Crippen LogP contribution in [0.15, 0.2) is 40.5 Å². The molecule has 1 saturated carbocycles. The molecule has 0 aliphatic heterocycles. The van der Waals surface area contributed by atoms with Gasteiger partial charge in [-0.1, -0.05) is 25.3 Å². The lowest BCUT2D eigenvalue weighted by atomic mass is 9.95. The van der Waals surface area contributed by atoms with Crippen LogP contribution in [0.5, 0.6) is 0 Å². The topological polar surface area (TPSA) is 66.0 Å². The molecule has 1 fully saturated rings. The number of hydrogen-bond donors (Lipinski definition) is 1. The van der Waals surface area contributed by atoms with Crippen LogP contribution >= 0.6 is 0 Å². The van der Waals surface area contributed by atoms with Gasteiger partial charge in [0.2, 0.25) is 0 Å². The molecule has 4 nitrogen and oxygen atoms in total. The molecule has 0 saturated heterocycles. The highest BCUT2D eigenvalue weighted by molar-refractivity contribution is 5.97. The molecule has 1 N–H and O–H groups in total. The molecule has 1 amide bonds. The minimum atomic E-state index is -0.288. The largest absolute Gasteiger partial charge is 0.465 e. The van der Waals surface area contributed by atoms with Crippen molar-refractivity contribution in [1.29, 1.82) is 5.26 Å². The smallest absolute Gasteiger partial charge is 0.262 e. The second-order valence-electron chi connectivity index (χ2n) is 4.88. The number of nitriles is 1. The minimum Gasteiger partial charge on any atom is -0.465 e. The van der Waals surface area contributed by atoms with Crippen LogP contribution in [0.3, 0.4) is 0 Å². The third-order valence-electron chi connectivity index (χ3n) is 3.37. The molecule has 1 aliphatic rings. The Balaban J connectivity index is 1.93. The molecule has 1 aliphatic carbocycles. The van der Waals surface area contributed by atoms with Crippen molar-refractivity contribution in [1.82, 2.24) is 5.32 Å². The number of carbonyl (C=O) groups excluding carboxylic acids is 1. The number of carbonyl (C=O) groups is 1. The van der Waals surface area contributed by atoms with E-state index >= 15 is 0 Å². The summed E-state index contributed by atoms with van der Waals surface area (Å²) >= 11 is 0. The highest BCUT2D eigenvalue weighted by Gasteiger charge is 2.17. The Labute approximate surface area is 118 Å². The molecule has 2 rings (SSSR count). The van der Waals surface area contributed by atoms with Crippen LogP contribution in [0, 0.1) is 11.3 Å². The van der Waals surface area contributed by atoms with Gasteiger partial charge in [-0.15, -0.1) is 0 Å². The van der Waals surface area contributed by atoms with Crippen LogP contribution < -0.4 is 5.32 Å². The van der Waals surface area contributed by atoms with Crippen molar-refractivity contribution in [3.8, 4) is 6.07 Å². The summed E-state index contributed by atoms with van der Waals surface area (Å²) in [5, 5.41) is 12.0. The van der Waals surface area contributed by atoms with E-state index in [9.17, 15) is 4.79 Å². The number of nitrogens with one attached hydrogen (secondary N) is 1. The Morgan fingerprint density at radius 1 is 1.40 bits per heavy atom. The first-order valence-corrected chi connectivity index (χ1v) is 6.92. The Morgan fingerprint density at radius 2 is 2.20 bits per heavy atom. The Kier molecular flexibility index (Phi) is 5.19. The molecule has 0 spiro atoms. The zero-order valence-corrected chi connectivity index (χ0v) is 11.3. The van der Waals surface area contributed by atoms with Gasteiger partial charge in [-0.3, -0.25) is 4.79 Å². The van der Waals surface area contributed by atoms with Crippen molar-refractivity contribution in [2.24, 2.45) is 0 Å². The van der Waals surface area contributed by atoms with Crippen LogP contribution in [0.25, 0.3) is 6.08 Å². The van der Waals surface area contributed by atoms with Gasteiger partial charge in [0.25, 0.3) is 5.91 Å². The fraction of sp³-hybridized carbons (Fsp3) is 0.375. The number of nitrogens with zero attached hydrogens (tertiary/aromatic N) is 1. The summed E-state index contributed by atoms with van der Waals surface area (Å²) in [7, 11) is 0. The first kappa shape index (κ1) is 14.1. The van der Waals surface area contributed by atoms with E-state index in [1.54, 1.807) is 30.5 Å². The maximum atomic E-state index is 12.0. The summed E-state index contributed by atoms with van der Waals surface area (Å²) in [5.74, 6) is 0.398. The van der Waals surface area contributed by atoms with Crippen molar-refractivity contribution in [3.63, 3.8) is 0 Å². The number of furan rings is 1. The summed E-state index contributed by atoms with van der Waals surface area (Å²) in [6.07, 6.45) is 12.0. The lowest BCUT2D eigenvalue weighted by molar-refractivity contribution is -0.118.